The monoisotopic (exact) mass is 139 g/mol. The van der Waals surface area contributed by atoms with Crippen molar-refractivity contribution in [3.63, 3.8) is 0 Å². The summed E-state index contributed by atoms with van der Waals surface area (Å²) in [5.74, 6) is 3.04. The second-order valence-electron chi connectivity index (χ2n) is 2.24. The molecule has 0 unspecified atom stereocenters. The maximum absolute atomic E-state index is 5.17. The van der Waals surface area contributed by atoms with Gasteiger partial charge in [0.2, 0.25) is 0 Å². The lowest BCUT2D eigenvalue weighted by atomic mass is 10.4. The molecule has 1 fully saturated rings. The molecule has 1 saturated heterocycles. The molecule has 0 radical (unpaired) electrons. The maximum atomic E-state index is 5.17. The van der Waals surface area contributed by atoms with Gasteiger partial charge in [0, 0.05) is 25.6 Å². The van der Waals surface area contributed by atoms with Gasteiger partial charge in [-0.05, 0) is 0 Å². The molecule has 0 aromatic rings. The van der Waals surface area contributed by atoms with Crippen molar-refractivity contribution >= 4 is 0 Å². The molecule has 0 N–H and O–H groups in total. The van der Waals surface area contributed by atoms with Crippen molar-refractivity contribution in [1.82, 2.24) is 4.90 Å². The number of nitrogens with zero attached hydrogens (tertiary/aromatic N) is 1. The fourth-order valence-corrected chi connectivity index (χ4v) is 0.866. The average molecular weight is 139 g/mol. The summed E-state index contributed by atoms with van der Waals surface area (Å²) in [7, 11) is 0. The van der Waals surface area contributed by atoms with E-state index in [2.05, 4.69) is 23.8 Å². The van der Waals surface area contributed by atoms with Crippen LogP contribution >= 0.6 is 0 Å². The Morgan fingerprint density at radius 3 is 2.70 bits per heavy atom. The second kappa shape index (κ2) is 4.19. The van der Waals surface area contributed by atoms with Gasteiger partial charge >= 0.3 is 0 Å². The van der Waals surface area contributed by atoms with E-state index in [-0.39, 0.29) is 0 Å². The molecule has 1 aliphatic heterocycles. The molecular weight excluding hydrogens is 126 g/mol. The zero-order valence-corrected chi connectivity index (χ0v) is 6.39. The Hall–Kier alpha value is -0.680. The van der Waals surface area contributed by atoms with E-state index >= 15 is 0 Å². The van der Waals surface area contributed by atoms with E-state index in [9.17, 15) is 0 Å². The summed E-state index contributed by atoms with van der Waals surface area (Å²) in [4.78, 5) is 2.12. The Bertz CT molecular complexity index is 139. The van der Waals surface area contributed by atoms with Gasteiger partial charge in [0.05, 0.1) is 13.2 Å². The molecule has 0 spiro atoms. The normalized spacial score (nSPS) is 17.9. The van der Waals surface area contributed by atoms with Crippen LogP contribution in [0.5, 0.6) is 0 Å². The highest BCUT2D eigenvalue weighted by Gasteiger charge is 2.04. The van der Waals surface area contributed by atoms with Crippen molar-refractivity contribution in [2.45, 2.75) is 13.3 Å². The summed E-state index contributed by atoms with van der Waals surface area (Å²) in [6, 6.07) is 3.07. The van der Waals surface area contributed by atoms with E-state index in [4.69, 9.17) is 4.74 Å². The van der Waals surface area contributed by atoms with Crippen molar-refractivity contribution in [2.24, 2.45) is 0 Å². The van der Waals surface area contributed by atoms with E-state index in [1.807, 2.05) is 0 Å². The van der Waals surface area contributed by atoms with Gasteiger partial charge in [-0.15, -0.1) is 0 Å². The van der Waals surface area contributed by atoms with Crippen molar-refractivity contribution in [1.29, 1.82) is 0 Å². The molecular formula is C8H13NO. The molecule has 56 valence electrons. The van der Waals surface area contributed by atoms with Gasteiger partial charge in [0.25, 0.3) is 0 Å². The van der Waals surface area contributed by atoms with Crippen molar-refractivity contribution in [2.75, 3.05) is 26.3 Å². The highest BCUT2D eigenvalue weighted by atomic mass is 16.5. The number of hydrogen-bond acceptors (Lipinski definition) is 2. The standard InChI is InChI=1S/C8H13NO/c1-2-3-4-9-5-7-10-8-6-9/h2,5-8H2,1H3. The minimum absolute atomic E-state index is 0.832. The molecule has 0 aromatic heterocycles. The number of ether oxygens (including phenoxy) is 1. The predicted octanol–water partition coefficient (Wildman–Crippen LogP) is 0.690. The van der Waals surface area contributed by atoms with Crippen LogP contribution in [0.3, 0.4) is 0 Å². The predicted molar refractivity (Wildman–Crippen MR) is 40.5 cm³/mol. The first-order valence-electron chi connectivity index (χ1n) is 3.74. The number of rotatable bonds is 0. The van der Waals surface area contributed by atoms with Gasteiger partial charge in [0.1, 0.15) is 0 Å². The van der Waals surface area contributed by atoms with Gasteiger partial charge in [-0.2, -0.15) is 0 Å². The quantitative estimate of drug-likeness (QED) is 0.458. The van der Waals surface area contributed by atoms with Crippen molar-refractivity contribution < 1.29 is 4.74 Å². The van der Waals surface area contributed by atoms with Gasteiger partial charge in [0.15, 0.2) is 0 Å². The maximum Gasteiger partial charge on any atom is 0.0649 e. The molecule has 1 aliphatic rings. The van der Waals surface area contributed by atoms with E-state index in [0.29, 0.717) is 0 Å². The minimum atomic E-state index is 0.832. The third-order valence-electron chi connectivity index (χ3n) is 1.43. The van der Waals surface area contributed by atoms with Crippen molar-refractivity contribution in [3.8, 4) is 12.0 Å². The largest absolute Gasteiger partial charge is 0.378 e. The zero-order valence-electron chi connectivity index (χ0n) is 6.39. The van der Waals surface area contributed by atoms with Gasteiger partial charge < -0.3 is 9.64 Å². The third kappa shape index (κ3) is 2.28. The lowest BCUT2D eigenvalue weighted by Crippen LogP contribution is -2.32. The van der Waals surface area contributed by atoms with Crippen LogP contribution in [0.1, 0.15) is 13.3 Å². The Kier molecular flexibility index (Phi) is 3.11. The third-order valence-corrected chi connectivity index (χ3v) is 1.43. The molecule has 2 nitrogen and oxygen atoms in total. The number of morpholine rings is 1. The molecule has 2 heteroatoms. The lowest BCUT2D eigenvalue weighted by molar-refractivity contribution is 0.0637. The summed E-state index contributed by atoms with van der Waals surface area (Å²) in [5, 5.41) is 0. The van der Waals surface area contributed by atoms with E-state index < -0.39 is 0 Å². The summed E-state index contributed by atoms with van der Waals surface area (Å²) >= 11 is 0. The van der Waals surface area contributed by atoms with Crippen LogP contribution in [0.15, 0.2) is 0 Å². The van der Waals surface area contributed by atoms with Gasteiger partial charge in [-0.3, -0.25) is 0 Å². The SMILES string of the molecule is CCC#CN1CCOCC1. The van der Waals surface area contributed by atoms with Gasteiger partial charge in [-0.25, -0.2) is 0 Å². The average Bonchev–Trinajstić information content (AvgIpc) is 2.03. The Balaban J connectivity index is 2.25. The first-order chi connectivity index (χ1) is 4.93. The van der Waals surface area contributed by atoms with Crippen LogP contribution in [0, 0.1) is 12.0 Å². The van der Waals surface area contributed by atoms with Crippen LogP contribution in [0.2, 0.25) is 0 Å². The molecule has 1 rings (SSSR count). The zero-order chi connectivity index (χ0) is 7.23. The summed E-state index contributed by atoms with van der Waals surface area (Å²) in [6.07, 6.45) is 0.942. The smallest absolute Gasteiger partial charge is 0.0649 e. The Labute approximate surface area is 62.2 Å². The molecule has 0 atom stereocenters. The molecule has 0 amide bonds. The van der Waals surface area contributed by atoms with Crippen LogP contribution < -0.4 is 0 Å². The van der Waals surface area contributed by atoms with E-state index in [1.54, 1.807) is 0 Å². The molecule has 0 aromatic carbocycles. The molecule has 0 aliphatic carbocycles. The van der Waals surface area contributed by atoms with E-state index in [1.165, 1.54) is 0 Å². The Morgan fingerprint density at radius 2 is 2.10 bits per heavy atom. The molecule has 0 bridgehead atoms. The molecule has 1 heterocycles. The molecule has 0 saturated carbocycles. The van der Waals surface area contributed by atoms with Crippen LogP contribution in [-0.2, 0) is 4.74 Å². The van der Waals surface area contributed by atoms with Gasteiger partial charge in [-0.1, -0.05) is 12.8 Å². The van der Waals surface area contributed by atoms with E-state index in [0.717, 1.165) is 32.7 Å². The second-order valence-corrected chi connectivity index (χ2v) is 2.24. The Morgan fingerprint density at radius 1 is 1.40 bits per heavy atom. The lowest BCUT2D eigenvalue weighted by Gasteiger charge is -2.22. The summed E-state index contributed by atoms with van der Waals surface area (Å²) in [6.45, 7) is 5.66. The number of hydrogen-bond donors (Lipinski definition) is 0. The first kappa shape index (κ1) is 7.43. The summed E-state index contributed by atoms with van der Waals surface area (Å²) in [5.41, 5.74) is 0. The fourth-order valence-electron chi connectivity index (χ4n) is 0.866. The highest BCUT2D eigenvalue weighted by Crippen LogP contribution is 1.93. The van der Waals surface area contributed by atoms with Crippen LogP contribution in [0.4, 0.5) is 0 Å². The van der Waals surface area contributed by atoms with Crippen LogP contribution in [-0.4, -0.2) is 31.2 Å². The van der Waals surface area contributed by atoms with Crippen molar-refractivity contribution in [3.05, 3.63) is 0 Å². The molecule has 10 heavy (non-hydrogen) atoms. The highest BCUT2D eigenvalue weighted by molar-refractivity contribution is 4.97. The topological polar surface area (TPSA) is 12.5 Å². The minimum Gasteiger partial charge on any atom is -0.378 e. The van der Waals surface area contributed by atoms with Crippen LogP contribution in [0.25, 0.3) is 0 Å². The fraction of sp³-hybridized carbons (Fsp3) is 0.750. The summed E-state index contributed by atoms with van der Waals surface area (Å²) < 4.78 is 5.17. The first-order valence-corrected chi connectivity index (χ1v) is 3.74.